The fourth-order valence-corrected chi connectivity index (χ4v) is 1.27. The van der Waals surface area contributed by atoms with Gasteiger partial charge in [0.05, 0.1) is 11.3 Å². The first-order valence-electron chi connectivity index (χ1n) is 5.57. The van der Waals surface area contributed by atoms with Crippen LogP contribution in [-0.2, 0) is 4.79 Å². The Morgan fingerprint density at radius 2 is 2.17 bits per heavy atom. The second-order valence-corrected chi connectivity index (χ2v) is 3.70. The number of carbonyl (C=O) groups is 2. The van der Waals surface area contributed by atoms with Crippen LogP contribution in [0, 0.1) is 0 Å². The summed E-state index contributed by atoms with van der Waals surface area (Å²) in [6, 6.07) is 4.10. The van der Waals surface area contributed by atoms with E-state index in [1.165, 1.54) is 18.2 Å². The van der Waals surface area contributed by atoms with Gasteiger partial charge in [-0.3, -0.25) is 4.79 Å². The normalized spacial score (nSPS) is 9.83. The summed E-state index contributed by atoms with van der Waals surface area (Å²) < 4.78 is 5.20. The summed E-state index contributed by atoms with van der Waals surface area (Å²) in [6.45, 7) is 2.40. The molecule has 18 heavy (non-hydrogen) atoms. The van der Waals surface area contributed by atoms with Crippen molar-refractivity contribution in [3.8, 4) is 5.75 Å². The van der Waals surface area contributed by atoms with Gasteiger partial charge in [0.2, 0.25) is 0 Å². The highest BCUT2D eigenvalue weighted by Gasteiger charge is 2.08. The summed E-state index contributed by atoms with van der Waals surface area (Å²) in [7, 11) is 0. The van der Waals surface area contributed by atoms with Gasteiger partial charge in [-0.25, -0.2) is 4.79 Å². The van der Waals surface area contributed by atoms with Crippen LogP contribution in [0.1, 0.15) is 23.7 Å². The number of nitrogen functional groups attached to an aromatic ring is 1. The summed E-state index contributed by atoms with van der Waals surface area (Å²) >= 11 is 0. The monoisotopic (exact) mass is 252 g/mol. The van der Waals surface area contributed by atoms with Crippen molar-refractivity contribution < 1.29 is 19.4 Å². The number of nitrogens with one attached hydrogen (secondary N) is 1. The predicted molar refractivity (Wildman–Crippen MR) is 66.6 cm³/mol. The quantitative estimate of drug-likeness (QED) is 0.652. The van der Waals surface area contributed by atoms with Crippen LogP contribution >= 0.6 is 0 Å². The topological polar surface area (TPSA) is 102 Å². The van der Waals surface area contributed by atoms with E-state index in [1.807, 2.05) is 6.92 Å². The molecule has 0 aliphatic rings. The Morgan fingerprint density at radius 1 is 1.44 bits per heavy atom. The lowest BCUT2D eigenvalue weighted by Gasteiger charge is -2.09. The van der Waals surface area contributed by atoms with Crippen molar-refractivity contribution in [3.05, 3.63) is 23.8 Å². The Labute approximate surface area is 105 Å². The van der Waals surface area contributed by atoms with Gasteiger partial charge in [0.25, 0.3) is 5.91 Å². The van der Waals surface area contributed by atoms with E-state index in [1.54, 1.807) is 0 Å². The number of carboxylic acids is 1. The molecule has 0 spiro atoms. The molecule has 0 bridgehead atoms. The number of carboxylic acid groups (broad SMARTS) is 1. The number of anilines is 1. The van der Waals surface area contributed by atoms with Gasteiger partial charge in [-0.2, -0.15) is 0 Å². The SMILES string of the molecule is CCCNC(=O)COc1ccc(C(=O)O)cc1N. The molecule has 0 aliphatic carbocycles. The summed E-state index contributed by atoms with van der Waals surface area (Å²) in [4.78, 5) is 22.0. The van der Waals surface area contributed by atoms with E-state index in [4.69, 9.17) is 15.6 Å². The summed E-state index contributed by atoms with van der Waals surface area (Å²) in [6.07, 6.45) is 0.848. The maximum Gasteiger partial charge on any atom is 0.335 e. The van der Waals surface area contributed by atoms with Gasteiger partial charge in [0.15, 0.2) is 6.61 Å². The third-order valence-electron chi connectivity index (χ3n) is 2.19. The molecule has 1 rings (SSSR count). The van der Waals surface area contributed by atoms with E-state index >= 15 is 0 Å². The number of carbonyl (C=O) groups excluding carboxylic acids is 1. The van der Waals surface area contributed by atoms with Crippen LogP contribution in [0.15, 0.2) is 18.2 Å². The van der Waals surface area contributed by atoms with E-state index < -0.39 is 5.97 Å². The largest absolute Gasteiger partial charge is 0.482 e. The molecule has 98 valence electrons. The first-order chi connectivity index (χ1) is 8.54. The van der Waals surface area contributed by atoms with Crippen LogP contribution in [0.4, 0.5) is 5.69 Å². The van der Waals surface area contributed by atoms with Crippen LogP contribution < -0.4 is 15.8 Å². The smallest absolute Gasteiger partial charge is 0.335 e. The number of hydrogen-bond acceptors (Lipinski definition) is 4. The minimum atomic E-state index is -1.06. The number of rotatable bonds is 6. The lowest BCUT2D eigenvalue weighted by atomic mass is 10.2. The highest BCUT2D eigenvalue weighted by Crippen LogP contribution is 2.22. The third-order valence-corrected chi connectivity index (χ3v) is 2.19. The van der Waals surface area contributed by atoms with Gasteiger partial charge in [0.1, 0.15) is 5.75 Å². The molecule has 0 aliphatic heterocycles. The Bertz CT molecular complexity index is 446. The average molecular weight is 252 g/mol. The number of amides is 1. The van der Waals surface area contributed by atoms with Crippen molar-refractivity contribution in [2.45, 2.75) is 13.3 Å². The third kappa shape index (κ3) is 3.97. The molecule has 0 saturated carbocycles. The summed E-state index contributed by atoms with van der Waals surface area (Å²) in [5.41, 5.74) is 5.90. The number of hydrogen-bond donors (Lipinski definition) is 3. The van der Waals surface area contributed by atoms with Crippen molar-refractivity contribution in [2.24, 2.45) is 0 Å². The van der Waals surface area contributed by atoms with Gasteiger partial charge >= 0.3 is 5.97 Å². The van der Waals surface area contributed by atoms with Crippen LogP contribution in [0.2, 0.25) is 0 Å². The molecule has 1 aromatic rings. The first-order valence-corrected chi connectivity index (χ1v) is 5.57. The number of nitrogens with two attached hydrogens (primary N) is 1. The maximum absolute atomic E-state index is 11.3. The van der Waals surface area contributed by atoms with Gasteiger partial charge in [-0.15, -0.1) is 0 Å². The van der Waals surface area contributed by atoms with Crippen LogP contribution in [-0.4, -0.2) is 30.1 Å². The van der Waals surface area contributed by atoms with E-state index in [0.29, 0.717) is 12.3 Å². The number of aromatic carboxylic acids is 1. The molecule has 0 heterocycles. The van der Waals surface area contributed by atoms with Crippen molar-refractivity contribution in [1.29, 1.82) is 0 Å². The fourth-order valence-electron chi connectivity index (χ4n) is 1.27. The zero-order chi connectivity index (χ0) is 13.5. The van der Waals surface area contributed by atoms with E-state index in [9.17, 15) is 9.59 Å². The van der Waals surface area contributed by atoms with Gasteiger partial charge in [-0.1, -0.05) is 6.92 Å². The predicted octanol–water partition coefficient (Wildman–Crippen LogP) is 0.872. The molecule has 0 radical (unpaired) electrons. The second-order valence-electron chi connectivity index (χ2n) is 3.70. The number of ether oxygens (including phenoxy) is 1. The zero-order valence-corrected chi connectivity index (χ0v) is 10.1. The lowest BCUT2D eigenvalue weighted by Crippen LogP contribution is -2.29. The number of benzene rings is 1. The van der Waals surface area contributed by atoms with E-state index in [2.05, 4.69) is 5.32 Å². The Balaban J connectivity index is 2.58. The van der Waals surface area contributed by atoms with Crippen LogP contribution in [0.5, 0.6) is 5.75 Å². The molecule has 0 fully saturated rings. The van der Waals surface area contributed by atoms with Gasteiger partial charge in [-0.05, 0) is 24.6 Å². The summed E-state index contributed by atoms with van der Waals surface area (Å²) in [5.74, 6) is -1.00. The zero-order valence-electron chi connectivity index (χ0n) is 10.1. The molecular formula is C12H16N2O4. The maximum atomic E-state index is 11.3. The standard InChI is InChI=1S/C12H16N2O4/c1-2-5-14-11(15)7-18-10-4-3-8(12(16)17)6-9(10)13/h3-4,6H,2,5,7,13H2,1H3,(H,14,15)(H,16,17). The van der Waals surface area contributed by atoms with Crippen LogP contribution in [0.25, 0.3) is 0 Å². The van der Waals surface area contributed by atoms with Gasteiger partial charge < -0.3 is 20.9 Å². The fraction of sp³-hybridized carbons (Fsp3) is 0.333. The van der Waals surface area contributed by atoms with Gasteiger partial charge in [0, 0.05) is 6.54 Å². The molecule has 1 amide bonds. The van der Waals surface area contributed by atoms with E-state index in [-0.39, 0.29) is 23.8 Å². The van der Waals surface area contributed by atoms with Crippen LogP contribution in [0.3, 0.4) is 0 Å². The van der Waals surface area contributed by atoms with Crippen molar-refractivity contribution >= 4 is 17.6 Å². The molecular weight excluding hydrogens is 236 g/mol. The second kappa shape index (κ2) is 6.48. The molecule has 1 aromatic carbocycles. The molecule has 0 aromatic heterocycles. The molecule has 4 N–H and O–H groups in total. The molecule has 0 saturated heterocycles. The Morgan fingerprint density at radius 3 is 2.72 bits per heavy atom. The van der Waals surface area contributed by atoms with E-state index in [0.717, 1.165) is 6.42 Å². The molecule has 6 heteroatoms. The Kier molecular flexibility index (Phi) is 4.98. The summed E-state index contributed by atoms with van der Waals surface area (Å²) in [5, 5.41) is 11.4. The Hall–Kier alpha value is -2.24. The highest BCUT2D eigenvalue weighted by molar-refractivity contribution is 5.89. The highest BCUT2D eigenvalue weighted by atomic mass is 16.5. The first kappa shape index (κ1) is 13.8. The van der Waals surface area contributed by atoms with Crippen molar-refractivity contribution in [3.63, 3.8) is 0 Å². The lowest BCUT2D eigenvalue weighted by molar-refractivity contribution is -0.123. The van der Waals surface area contributed by atoms with Crippen molar-refractivity contribution in [1.82, 2.24) is 5.32 Å². The molecule has 0 atom stereocenters. The van der Waals surface area contributed by atoms with Crippen molar-refractivity contribution in [2.75, 3.05) is 18.9 Å². The average Bonchev–Trinajstić information content (AvgIpc) is 2.34. The molecule has 6 nitrogen and oxygen atoms in total. The molecule has 0 unspecified atom stereocenters. The minimum Gasteiger partial charge on any atom is -0.482 e. The minimum absolute atomic E-state index is 0.0790.